The molecule has 1 aliphatic carbocycles. The van der Waals surface area contributed by atoms with Gasteiger partial charge in [-0.3, -0.25) is 4.68 Å². The fourth-order valence-corrected chi connectivity index (χ4v) is 3.49. The van der Waals surface area contributed by atoms with E-state index in [1.54, 1.807) is 17.1 Å². The van der Waals surface area contributed by atoms with E-state index in [1.807, 2.05) is 25.1 Å². The maximum atomic E-state index is 12.3. The number of benzene rings is 1. The first-order valence-corrected chi connectivity index (χ1v) is 8.54. The largest absolute Gasteiger partial charge is 0.458 e. The molecule has 0 fully saturated rings. The summed E-state index contributed by atoms with van der Waals surface area (Å²) in [7, 11) is 0. The highest BCUT2D eigenvalue weighted by Crippen LogP contribution is 2.32. The van der Waals surface area contributed by atoms with Crippen LogP contribution in [0.15, 0.2) is 30.6 Å². The molecular formula is C18H18ClN3O2. The number of halogens is 1. The minimum Gasteiger partial charge on any atom is -0.458 e. The SMILES string of the molecule is CCn1cc(C(=O)O[C@@H]2CCc3[nH]c4ccc(Cl)cc4c3C2)cn1. The van der Waals surface area contributed by atoms with Crippen molar-refractivity contribution in [2.75, 3.05) is 0 Å². The molecule has 0 radical (unpaired) electrons. The number of aromatic amines is 1. The van der Waals surface area contributed by atoms with Gasteiger partial charge in [-0.15, -0.1) is 0 Å². The molecule has 24 heavy (non-hydrogen) atoms. The number of carbonyl (C=O) groups is 1. The zero-order chi connectivity index (χ0) is 16.7. The Bertz CT molecular complexity index is 912. The van der Waals surface area contributed by atoms with E-state index in [0.717, 1.165) is 35.3 Å². The van der Waals surface area contributed by atoms with E-state index >= 15 is 0 Å². The van der Waals surface area contributed by atoms with Gasteiger partial charge in [0.1, 0.15) is 6.10 Å². The van der Waals surface area contributed by atoms with Gasteiger partial charge in [-0.1, -0.05) is 11.6 Å². The number of aromatic nitrogens is 3. The summed E-state index contributed by atoms with van der Waals surface area (Å²) in [5.41, 5.74) is 4.02. The Labute approximate surface area is 144 Å². The van der Waals surface area contributed by atoms with Crippen LogP contribution in [0.2, 0.25) is 5.02 Å². The van der Waals surface area contributed by atoms with Gasteiger partial charge >= 0.3 is 5.97 Å². The molecule has 5 nitrogen and oxygen atoms in total. The number of ether oxygens (including phenoxy) is 1. The summed E-state index contributed by atoms with van der Waals surface area (Å²) < 4.78 is 7.42. The fourth-order valence-electron chi connectivity index (χ4n) is 3.32. The number of fused-ring (bicyclic) bond motifs is 3. The molecule has 1 atom stereocenters. The first-order chi connectivity index (χ1) is 11.6. The Hall–Kier alpha value is -2.27. The highest BCUT2D eigenvalue weighted by Gasteiger charge is 2.26. The molecule has 0 aliphatic heterocycles. The lowest BCUT2D eigenvalue weighted by Gasteiger charge is -2.22. The number of hydrogen-bond acceptors (Lipinski definition) is 3. The van der Waals surface area contributed by atoms with Crippen LogP contribution in [0.25, 0.3) is 10.9 Å². The number of esters is 1. The van der Waals surface area contributed by atoms with Crippen LogP contribution >= 0.6 is 11.6 Å². The first-order valence-electron chi connectivity index (χ1n) is 8.16. The Morgan fingerprint density at radius 3 is 3.17 bits per heavy atom. The smallest absolute Gasteiger partial charge is 0.341 e. The molecular weight excluding hydrogens is 326 g/mol. The second kappa shape index (κ2) is 5.98. The predicted molar refractivity (Wildman–Crippen MR) is 92.4 cm³/mol. The highest BCUT2D eigenvalue weighted by atomic mass is 35.5. The quantitative estimate of drug-likeness (QED) is 0.737. The number of carbonyl (C=O) groups excluding carboxylic acids is 1. The summed E-state index contributed by atoms with van der Waals surface area (Å²) >= 11 is 6.13. The number of H-pyrrole nitrogens is 1. The lowest BCUT2D eigenvalue weighted by atomic mass is 9.93. The van der Waals surface area contributed by atoms with Gasteiger partial charge in [-0.25, -0.2) is 4.79 Å². The molecule has 2 aromatic heterocycles. The van der Waals surface area contributed by atoms with E-state index in [-0.39, 0.29) is 12.1 Å². The van der Waals surface area contributed by atoms with Crippen LogP contribution in [0.1, 0.15) is 35.0 Å². The molecule has 1 N–H and O–H groups in total. The molecule has 2 heterocycles. The summed E-state index contributed by atoms with van der Waals surface area (Å²) in [4.78, 5) is 15.8. The van der Waals surface area contributed by atoms with Gasteiger partial charge in [0.2, 0.25) is 0 Å². The van der Waals surface area contributed by atoms with Crippen molar-refractivity contribution < 1.29 is 9.53 Å². The van der Waals surface area contributed by atoms with Gasteiger partial charge in [0.15, 0.2) is 0 Å². The lowest BCUT2D eigenvalue weighted by molar-refractivity contribution is 0.0271. The van der Waals surface area contributed by atoms with Gasteiger partial charge in [0.25, 0.3) is 0 Å². The Morgan fingerprint density at radius 2 is 2.38 bits per heavy atom. The topological polar surface area (TPSA) is 59.9 Å². The predicted octanol–water partition coefficient (Wildman–Crippen LogP) is 3.75. The second-order valence-electron chi connectivity index (χ2n) is 6.13. The van der Waals surface area contributed by atoms with E-state index in [0.29, 0.717) is 12.0 Å². The van der Waals surface area contributed by atoms with Gasteiger partial charge in [-0.2, -0.15) is 5.10 Å². The van der Waals surface area contributed by atoms with Crippen LogP contribution in [0, 0.1) is 0 Å². The normalized spacial score (nSPS) is 17.0. The molecule has 6 heteroatoms. The standard InChI is InChI=1S/C18H18ClN3O2/c1-2-22-10-11(9-20-22)18(23)24-13-4-6-17-15(8-13)14-7-12(19)3-5-16(14)21-17/h3,5,7,9-10,13,21H,2,4,6,8H2,1H3/t13-/m1/s1. The third kappa shape index (κ3) is 2.69. The molecule has 124 valence electrons. The Morgan fingerprint density at radius 1 is 1.50 bits per heavy atom. The number of nitrogens with zero attached hydrogens (tertiary/aromatic N) is 2. The number of nitrogens with one attached hydrogen (secondary N) is 1. The minimum absolute atomic E-state index is 0.118. The van der Waals surface area contributed by atoms with Crippen molar-refractivity contribution in [3.8, 4) is 0 Å². The van der Waals surface area contributed by atoms with Crippen molar-refractivity contribution in [3.63, 3.8) is 0 Å². The summed E-state index contributed by atoms with van der Waals surface area (Å²) in [6, 6.07) is 5.85. The van der Waals surface area contributed by atoms with Crippen LogP contribution < -0.4 is 0 Å². The molecule has 1 aromatic carbocycles. The number of aryl methyl sites for hydroxylation is 2. The van der Waals surface area contributed by atoms with Gasteiger partial charge in [-0.05, 0) is 43.5 Å². The van der Waals surface area contributed by atoms with Crippen molar-refractivity contribution in [2.24, 2.45) is 0 Å². The van der Waals surface area contributed by atoms with Crippen LogP contribution in [-0.2, 0) is 24.1 Å². The van der Waals surface area contributed by atoms with Crippen LogP contribution in [0.3, 0.4) is 0 Å². The zero-order valence-electron chi connectivity index (χ0n) is 13.4. The minimum atomic E-state index is -0.305. The maximum absolute atomic E-state index is 12.3. The highest BCUT2D eigenvalue weighted by molar-refractivity contribution is 6.31. The van der Waals surface area contributed by atoms with Crippen molar-refractivity contribution in [1.82, 2.24) is 14.8 Å². The average molecular weight is 344 g/mol. The van der Waals surface area contributed by atoms with Crippen LogP contribution in [-0.4, -0.2) is 26.8 Å². The van der Waals surface area contributed by atoms with Crippen LogP contribution in [0.5, 0.6) is 0 Å². The molecule has 0 saturated heterocycles. The van der Waals surface area contributed by atoms with Crippen molar-refractivity contribution >= 4 is 28.5 Å². The van der Waals surface area contributed by atoms with E-state index in [4.69, 9.17) is 16.3 Å². The molecule has 0 unspecified atom stereocenters. The van der Waals surface area contributed by atoms with Gasteiger partial charge < -0.3 is 9.72 Å². The summed E-state index contributed by atoms with van der Waals surface area (Å²) in [5, 5.41) is 5.96. The second-order valence-corrected chi connectivity index (χ2v) is 6.56. The van der Waals surface area contributed by atoms with E-state index in [2.05, 4.69) is 10.1 Å². The molecule has 1 aliphatic rings. The van der Waals surface area contributed by atoms with Crippen molar-refractivity contribution in [1.29, 1.82) is 0 Å². The number of rotatable bonds is 3. The Balaban J connectivity index is 1.54. The zero-order valence-corrected chi connectivity index (χ0v) is 14.1. The molecule has 0 saturated carbocycles. The monoisotopic (exact) mass is 343 g/mol. The van der Waals surface area contributed by atoms with Crippen LogP contribution in [0.4, 0.5) is 0 Å². The maximum Gasteiger partial charge on any atom is 0.341 e. The van der Waals surface area contributed by atoms with Gasteiger partial charge in [0.05, 0.1) is 11.8 Å². The number of hydrogen-bond donors (Lipinski definition) is 1. The first kappa shape index (κ1) is 15.3. The summed E-state index contributed by atoms with van der Waals surface area (Å²) in [6.07, 6.45) is 5.57. The molecule has 0 amide bonds. The molecule has 3 aromatic rings. The molecule has 4 rings (SSSR count). The Kier molecular flexibility index (Phi) is 3.81. The summed E-state index contributed by atoms with van der Waals surface area (Å²) in [5.74, 6) is -0.305. The van der Waals surface area contributed by atoms with Crippen molar-refractivity contribution in [3.05, 3.63) is 52.4 Å². The molecule has 0 spiro atoms. The average Bonchev–Trinajstić information content (AvgIpc) is 3.19. The summed E-state index contributed by atoms with van der Waals surface area (Å²) in [6.45, 7) is 2.71. The fraction of sp³-hybridized carbons (Fsp3) is 0.333. The van der Waals surface area contributed by atoms with E-state index in [9.17, 15) is 4.79 Å². The third-order valence-corrected chi connectivity index (χ3v) is 4.81. The van der Waals surface area contributed by atoms with E-state index < -0.39 is 0 Å². The lowest BCUT2D eigenvalue weighted by Crippen LogP contribution is -2.25. The van der Waals surface area contributed by atoms with Gasteiger partial charge in [0, 0.05) is 40.8 Å². The molecule has 0 bridgehead atoms. The third-order valence-electron chi connectivity index (χ3n) is 4.57. The van der Waals surface area contributed by atoms with Crippen molar-refractivity contribution in [2.45, 2.75) is 38.8 Å². The van der Waals surface area contributed by atoms with E-state index in [1.165, 1.54) is 11.3 Å².